The van der Waals surface area contributed by atoms with Gasteiger partial charge >= 0.3 is 5.69 Å². The van der Waals surface area contributed by atoms with Crippen LogP contribution in [0.5, 0.6) is 0 Å². The maximum Gasteiger partial charge on any atom is 0.332 e. The Bertz CT molecular complexity index is 1420. The van der Waals surface area contributed by atoms with Gasteiger partial charge in [-0.1, -0.05) is 48.1 Å². The average Bonchev–Trinajstić information content (AvgIpc) is 3.44. The van der Waals surface area contributed by atoms with Gasteiger partial charge in [-0.3, -0.25) is 13.9 Å². The van der Waals surface area contributed by atoms with E-state index < -0.39 is 5.56 Å². The molecule has 0 amide bonds. The van der Waals surface area contributed by atoms with Crippen LogP contribution >= 0.6 is 34.8 Å². The molecule has 0 spiro atoms. The Hall–Kier alpha value is -2.62. The van der Waals surface area contributed by atoms with E-state index in [9.17, 15) is 9.59 Å². The zero-order valence-corrected chi connectivity index (χ0v) is 20.8. The van der Waals surface area contributed by atoms with Crippen molar-refractivity contribution < 1.29 is 4.52 Å². The fourth-order valence-corrected chi connectivity index (χ4v) is 4.18. The van der Waals surface area contributed by atoms with Gasteiger partial charge in [0.25, 0.3) is 5.56 Å². The molecule has 0 atom stereocenters. The molecule has 1 N–H and O–H groups in total. The van der Waals surface area contributed by atoms with Crippen molar-refractivity contribution in [1.29, 1.82) is 0 Å². The molecular formula is C22H23Cl3N6O3. The van der Waals surface area contributed by atoms with E-state index in [1.54, 1.807) is 18.2 Å². The summed E-state index contributed by atoms with van der Waals surface area (Å²) >= 11 is 18.0. The number of hydrogen-bond donors (Lipinski definition) is 1. The molecule has 34 heavy (non-hydrogen) atoms. The lowest BCUT2D eigenvalue weighted by atomic mass is 10.2. The highest BCUT2D eigenvalue weighted by Crippen LogP contribution is 2.27. The number of rotatable bonds is 10. The van der Waals surface area contributed by atoms with Gasteiger partial charge in [0.15, 0.2) is 11.2 Å². The zero-order chi connectivity index (χ0) is 24.2. The SMILES string of the molecule is CCCCCn1c(=O)n(CCCCc2nc(-c3ccc(Cl)c(Cl)c3)no2)c(=O)c2[nH]c(Cl)nc21. The normalized spacial score (nSPS) is 11.5. The lowest BCUT2D eigenvalue weighted by Crippen LogP contribution is -2.40. The van der Waals surface area contributed by atoms with Gasteiger partial charge in [0, 0.05) is 25.1 Å². The highest BCUT2D eigenvalue weighted by atomic mass is 35.5. The molecule has 0 aliphatic rings. The van der Waals surface area contributed by atoms with Crippen LogP contribution in [0.4, 0.5) is 0 Å². The minimum absolute atomic E-state index is 0.0858. The van der Waals surface area contributed by atoms with Crippen LogP contribution in [-0.2, 0) is 19.5 Å². The largest absolute Gasteiger partial charge is 0.339 e. The van der Waals surface area contributed by atoms with E-state index in [2.05, 4.69) is 27.0 Å². The van der Waals surface area contributed by atoms with Crippen LogP contribution in [0.2, 0.25) is 15.3 Å². The second kappa shape index (κ2) is 10.8. The van der Waals surface area contributed by atoms with Crippen LogP contribution < -0.4 is 11.2 Å². The Morgan fingerprint density at radius 1 is 0.971 bits per heavy atom. The van der Waals surface area contributed by atoms with Gasteiger partial charge in [0.2, 0.25) is 17.0 Å². The van der Waals surface area contributed by atoms with Crippen LogP contribution in [0.15, 0.2) is 32.3 Å². The number of aromatic amines is 1. The van der Waals surface area contributed by atoms with E-state index >= 15 is 0 Å². The number of imidazole rings is 1. The molecule has 9 nitrogen and oxygen atoms in total. The number of fused-ring (bicyclic) bond motifs is 1. The molecule has 180 valence electrons. The van der Waals surface area contributed by atoms with Crippen molar-refractivity contribution in [3.05, 3.63) is 60.3 Å². The Morgan fingerprint density at radius 3 is 2.50 bits per heavy atom. The number of benzene rings is 1. The van der Waals surface area contributed by atoms with E-state index in [4.69, 9.17) is 39.3 Å². The molecule has 3 heterocycles. The predicted molar refractivity (Wildman–Crippen MR) is 132 cm³/mol. The van der Waals surface area contributed by atoms with E-state index in [1.165, 1.54) is 9.13 Å². The fourth-order valence-electron chi connectivity index (χ4n) is 3.71. The van der Waals surface area contributed by atoms with Crippen LogP contribution in [0, 0.1) is 0 Å². The van der Waals surface area contributed by atoms with Gasteiger partial charge in [0.1, 0.15) is 0 Å². The monoisotopic (exact) mass is 524 g/mol. The van der Waals surface area contributed by atoms with Crippen molar-refractivity contribution in [2.45, 2.75) is 58.5 Å². The summed E-state index contributed by atoms with van der Waals surface area (Å²) in [6.07, 6.45) is 4.52. The van der Waals surface area contributed by atoms with Crippen LogP contribution in [0.25, 0.3) is 22.6 Å². The number of nitrogens with one attached hydrogen (secondary N) is 1. The number of H-pyrrole nitrogens is 1. The van der Waals surface area contributed by atoms with Crippen molar-refractivity contribution in [2.24, 2.45) is 0 Å². The van der Waals surface area contributed by atoms with Gasteiger partial charge in [0.05, 0.1) is 10.0 Å². The molecule has 0 unspecified atom stereocenters. The van der Waals surface area contributed by atoms with Gasteiger partial charge in [-0.25, -0.2) is 4.79 Å². The predicted octanol–water partition coefficient (Wildman–Crippen LogP) is 5.11. The fraction of sp³-hybridized carbons (Fsp3) is 0.409. The highest BCUT2D eigenvalue weighted by molar-refractivity contribution is 6.42. The summed E-state index contributed by atoms with van der Waals surface area (Å²) in [6, 6.07) is 5.11. The van der Waals surface area contributed by atoms with Gasteiger partial charge < -0.3 is 9.51 Å². The molecular weight excluding hydrogens is 503 g/mol. The summed E-state index contributed by atoms with van der Waals surface area (Å²) in [5.41, 5.74) is 0.436. The molecule has 12 heteroatoms. The molecule has 0 saturated carbocycles. The number of halogens is 3. The summed E-state index contributed by atoms with van der Waals surface area (Å²) < 4.78 is 8.08. The van der Waals surface area contributed by atoms with E-state index in [1.807, 2.05) is 0 Å². The molecule has 0 saturated heterocycles. The summed E-state index contributed by atoms with van der Waals surface area (Å²) in [4.78, 5) is 37.2. The number of aryl methyl sites for hydroxylation is 2. The maximum absolute atomic E-state index is 13.1. The molecule has 1 aromatic carbocycles. The van der Waals surface area contributed by atoms with Crippen molar-refractivity contribution in [3.63, 3.8) is 0 Å². The van der Waals surface area contributed by atoms with Gasteiger partial charge in [-0.05, 0) is 49.1 Å². The first-order valence-electron chi connectivity index (χ1n) is 11.1. The molecule has 3 aromatic heterocycles. The topological polar surface area (TPSA) is 112 Å². The van der Waals surface area contributed by atoms with Crippen molar-refractivity contribution in [3.8, 4) is 11.4 Å². The minimum atomic E-state index is -0.425. The second-order valence-corrected chi connectivity index (χ2v) is 9.09. The van der Waals surface area contributed by atoms with Gasteiger partial charge in [-0.15, -0.1) is 0 Å². The number of nitrogens with zero attached hydrogens (tertiary/aromatic N) is 5. The van der Waals surface area contributed by atoms with E-state index in [-0.39, 0.29) is 23.0 Å². The third-order valence-electron chi connectivity index (χ3n) is 5.49. The Labute approximate surface area is 209 Å². The zero-order valence-electron chi connectivity index (χ0n) is 18.5. The Morgan fingerprint density at radius 2 is 1.74 bits per heavy atom. The molecule has 0 fully saturated rings. The molecule has 4 aromatic rings. The molecule has 0 aliphatic carbocycles. The summed E-state index contributed by atoms with van der Waals surface area (Å²) in [7, 11) is 0. The quantitative estimate of drug-likeness (QED) is 0.227. The number of hydrogen-bond acceptors (Lipinski definition) is 6. The molecule has 0 bridgehead atoms. The lowest BCUT2D eigenvalue weighted by Gasteiger charge is -2.11. The van der Waals surface area contributed by atoms with E-state index in [0.717, 1.165) is 19.3 Å². The highest BCUT2D eigenvalue weighted by Gasteiger charge is 2.17. The van der Waals surface area contributed by atoms with Crippen molar-refractivity contribution >= 4 is 46.0 Å². The first-order valence-corrected chi connectivity index (χ1v) is 12.2. The Balaban J connectivity index is 1.45. The maximum atomic E-state index is 13.1. The summed E-state index contributed by atoms with van der Waals surface area (Å²) in [6.45, 7) is 2.82. The minimum Gasteiger partial charge on any atom is -0.339 e. The second-order valence-electron chi connectivity index (χ2n) is 7.92. The van der Waals surface area contributed by atoms with Crippen LogP contribution in [-0.4, -0.2) is 29.2 Å². The first-order chi connectivity index (χ1) is 16.4. The number of aromatic nitrogens is 6. The number of unbranched alkanes of at least 4 members (excludes halogenated alkanes) is 3. The summed E-state index contributed by atoms with van der Waals surface area (Å²) in [5.74, 6) is 0.877. The molecule has 4 rings (SSSR count). The average molecular weight is 526 g/mol. The van der Waals surface area contributed by atoms with Crippen molar-refractivity contribution in [1.82, 2.24) is 29.2 Å². The van der Waals surface area contributed by atoms with Crippen LogP contribution in [0.1, 0.15) is 44.9 Å². The third-order valence-corrected chi connectivity index (χ3v) is 6.40. The third kappa shape index (κ3) is 5.21. The molecule has 0 radical (unpaired) electrons. The lowest BCUT2D eigenvalue weighted by molar-refractivity contribution is 0.372. The van der Waals surface area contributed by atoms with E-state index in [0.29, 0.717) is 58.8 Å². The van der Waals surface area contributed by atoms with Crippen molar-refractivity contribution in [2.75, 3.05) is 0 Å². The van der Waals surface area contributed by atoms with Crippen LogP contribution in [0.3, 0.4) is 0 Å². The standard InChI is InChI=1S/C22H23Cl3N6O3/c1-2-3-5-10-30-19-17(27-21(25)28-19)20(32)31(22(30)33)11-6-4-7-16-26-18(29-34-16)13-8-9-14(23)15(24)12-13/h8-9,12H,2-7,10-11H2,1H3,(H,27,28). The van der Waals surface area contributed by atoms with Gasteiger partial charge in [-0.2, -0.15) is 9.97 Å². The Kier molecular flexibility index (Phi) is 7.75. The molecule has 0 aliphatic heterocycles. The smallest absolute Gasteiger partial charge is 0.332 e. The summed E-state index contributed by atoms with van der Waals surface area (Å²) in [5, 5.41) is 4.93. The first kappa shape index (κ1) is 24.5.